The molecule has 0 aromatic carbocycles. The molecule has 0 atom stereocenters. The van der Waals surface area contributed by atoms with Crippen LogP contribution in [0.4, 0.5) is 0 Å². The summed E-state index contributed by atoms with van der Waals surface area (Å²) in [6.07, 6.45) is 1.47. The molecular formula is C12H16N6OS2. The van der Waals surface area contributed by atoms with Crippen molar-refractivity contribution in [3.63, 3.8) is 0 Å². The first kappa shape index (κ1) is 15.6. The van der Waals surface area contributed by atoms with E-state index >= 15 is 0 Å². The maximum Gasteiger partial charge on any atom is 0.176 e. The molecule has 0 aliphatic rings. The Labute approximate surface area is 130 Å². The van der Waals surface area contributed by atoms with Gasteiger partial charge in [-0.25, -0.2) is 4.98 Å². The monoisotopic (exact) mass is 324 g/mol. The average Bonchev–Trinajstić information content (AvgIpc) is 2.90. The van der Waals surface area contributed by atoms with Crippen molar-refractivity contribution in [2.24, 2.45) is 10.9 Å². The molecule has 0 saturated carbocycles. The van der Waals surface area contributed by atoms with Crippen LogP contribution in [0.15, 0.2) is 14.5 Å². The van der Waals surface area contributed by atoms with E-state index in [0.717, 1.165) is 28.4 Å². The predicted octanol–water partition coefficient (Wildman–Crippen LogP) is 2.01. The van der Waals surface area contributed by atoms with E-state index in [4.69, 9.17) is 10.9 Å². The van der Waals surface area contributed by atoms with Crippen molar-refractivity contribution in [1.29, 1.82) is 0 Å². The maximum absolute atomic E-state index is 9.05. The number of aryl methyl sites for hydroxylation is 2. The van der Waals surface area contributed by atoms with E-state index in [-0.39, 0.29) is 5.84 Å². The molecular weight excluding hydrogens is 308 g/mol. The van der Waals surface area contributed by atoms with Crippen molar-refractivity contribution in [3.05, 3.63) is 22.6 Å². The molecule has 0 amide bonds. The van der Waals surface area contributed by atoms with E-state index in [2.05, 4.69) is 24.7 Å². The second-order valence-corrected chi connectivity index (χ2v) is 6.20. The van der Waals surface area contributed by atoms with Crippen LogP contribution in [0.2, 0.25) is 0 Å². The zero-order chi connectivity index (χ0) is 15.4. The predicted molar refractivity (Wildman–Crippen MR) is 82.1 cm³/mol. The van der Waals surface area contributed by atoms with E-state index in [1.54, 1.807) is 0 Å². The minimum Gasteiger partial charge on any atom is -0.409 e. The third kappa shape index (κ3) is 3.30. The summed E-state index contributed by atoms with van der Waals surface area (Å²) < 4.78 is 4.88. The molecule has 0 saturated heterocycles. The minimum atomic E-state index is 0.0418. The second kappa shape index (κ2) is 6.81. The summed E-state index contributed by atoms with van der Waals surface area (Å²) in [6, 6.07) is 0. The van der Waals surface area contributed by atoms with Crippen LogP contribution in [0.25, 0.3) is 0 Å². The number of nitrogens with two attached hydrogens (primary N) is 1. The summed E-state index contributed by atoms with van der Waals surface area (Å²) in [6.45, 7) is 5.84. The van der Waals surface area contributed by atoms with Crippen LogP contribution >= 0.6 is 23.3 Å². The van der Waals surface area contributed by atoms with Crippen molar-refractivity contribution in [1.82, 2.24) is 19.6 Å². The highest BCUT2D eigenvalue weighted by molar-refractivity contribution is 8.01. The Balaban J connectivity index is 2.54. The van der Waals surface area contributed by atoms with Crippen LogP contribution in [0, 0.1) is 6.92 Å². The summed E-state index contributed by atoms with van der Waals surface area (Å²) in [7, 11) is 0. The second-order valence-electron chi connectivity index (χ2n) is 4.21. The van der Waals surface area contributed by atoms with Gasteiger partial charge in [0.15, 0.2) is 10.2 Å². The fourth-order valence-electron chi connectivity index (χ4n) is 1.94. The van der Waals surface area contributed by atoms with Gasteiger partial charge in [0.25, 0.3) is 0 Å². The lowest BCUT2D eigenvalue weighted by atomic mass is 10.0. The van der Waals surface area contributed by atoms with Crippen molar-refractivity contribution in [2.45, 2.75) is 43.0 Å². The van der Waals surface area contributed by atoms with Crippen molar-refractivity contribution in [2.75, 3.05) is 0 Å². The van der Waals surface area contributed by atoms with Gasteiger partial charge < -0.3 is 10.9 Å². The van der Waals surface area contributed by atoms with Crippen molar-refractivity contribution >= 4 is 29.1 Å². The molecule has 0 aliphatic heterocycles. The number of hydrogen-bond acceptors (Lipinski definition) is 8. The van der Waals surface area contributed by atoms with E-state index in [1.807, 2.05) is 20.8 Å². The molecule has 3 N–H and O–H groups in total. The summed E-state index contributed by atoms with van der Waals surface area (Å²) in [5, 5.41) is 21.2. The Morgan fingerprint density at radius 3 is 2.62 bits per heavy atom. The van der Waals surface area contributed by atoms with Crippen molar-refractivity contribution in [3.8, 4) is 0 Å². The summed E-state index contributed by atoms with van der Waals surface area (Å²) in [4.78, 5) is 4.29. The molecule has 0 unspecified atom stereocenters. The zero-order valence-electron chi connectivity index (χ0n) is 12.0. The van der Waals surface area contributed by atoms with Gasteiger partial charge in [0.1, 0.15) is 10.9 Å². The van der Waals surface area contributed by atoms with Crippen LogP contribution < -0.4 is 5.73 Å². The zero-order valence-corrected chi connectivity index (χ0v) is 13.6. The Hall–Kier alpha value is -1.74. The first-order valence-corrected chi connectivity index (χ1v) is 8.04. The van der Waals surface area contributed by atoms with E-state index in [1.165, 1.54) is 23.3 Å². The standard InChI is InChI=1S/C12H16N6OS2/c1-4-7-8(5-2)15-16-11(9(7)10(13)17-19)20-12-14-6(3)18-21-12/h19H,4-5H2,1-3H3,(H2,13,17). The Bertz CT molecular complexity index is 670. The third-order valence-electron chi connectivity index (χ3n) is 2.87. The van der Waals surface area contributed by atoms with Gasteiger partial charge in [0.05, 0.1) is 11.3 Å². The molecule has 2 rings (SSSR count). The summed E-state index contributed by atoms with van der Waals surface area (Å²) >= 11 is 2.61. The summed E-state index contributed by atoms with van der Waals surface area (Å²) in [5.74, 6) is 0.752. The summed E-state index contributed by atoms with van der Waals surface area (Å²) in [5.41, 5.74) is 8.28. The molecule has 0 fully saturated rings. The Kier molecular flexibility index (Phi) is 5.07. The van der Waals surface area contributed by atoms with Crippen LogP contribution in [0.1, 0.15) is 36.5 Å². The Morgan fingerprint density at radius 2 is 2.10 bits per heavy atom. The molecule has 0 spiro atoms. The third-order valence-corrected chi connectivity index (χ3v) is 4.69. The van der Waals surface area contributed by atoms with Gasteiger partial charge in [-0.2, -0.15) is 9.47 Å². The highest BCUT2D eigenvalue weighted by Gasteiger charge is 2.20. The SMILES string of the molecule is CCc1nnc(Sc2nc(C)ns2)c(C(N)=NO)c1CC. The number of hydrogen-bond donors (Lipinski definition) is 2. The van der Waals surface area contributed by atoms with Crippen LogP contribution in [-0.2, 0) is 12.8 Å². The van der Waals surface area contributed by atoms with E-state index in [9.17, 15) is 0 Å². The van der Waals surface area contributed by atoms with Crippen LogP contribution in [0.5, 0.6) is 0 Å². The van der Waals surface area contributed by atoms with Gasteiger partial charge in [-0.05, 0) is 48.6 Å². The van der Waals surface area contributed by atoms with Crippen molar-refractivity contribution < 1.29 is 5.21 Å². The molecule has 0 aliphatic carbocycles. The van der Waals surface area contributed by atoms with Gasteiger partial charge in [0, 0.05) is 0 Å². The van der Waals surface area contributed by atoms with Crippen LogP contribution in [0.3, 0.4) is 0 Å². The fraction of sp³-hybridized carbons (Fsp3) is 0.417. The molecule has 7 nitrogen and oxygen atoms in total. The molecule has 9 heteroatoms. The van der Waals surface area contributed by atoms with Gasteiger partial charge >= 0.3 is 0 Å². The van der Waals surface area contributed by atoms with Gasteiger partial charge in [-0.15, -0.1) is 5.10 Å². The molecule has 2 aromatic rings. The first-order chi connectivity index (χ1) is 10.1. The molecule has 0 radical (unpaired) electrons. The van der Waals surface area contributed by atoms with Gasteiger partial charge in [-0.1, -0.05) is 19.0 Å². The number of nitrogens with zero attached hydrogens (tertiary/aromatic N) is 5. The average molecular weight is 324 g/mol. The first-order valence-electron chi connectivity index (χ1n) is 6.45. The lowest BCUT2D eigenvalue weighted by molar-refractivity contribution is 0.318. The normalized spacial score (nSPS) is 11.9. The molecule has 21 heavy (non-hydrogen) atoms. The highest BCUT2D eigenvalue weighted by Crippen LogP contribution is 2.32. The number of aromatic nitrogens is 4. The maximum atomic E-state index is 9.05. The fourth-order valence-corrected chi connectivity index (χ4v) is 3.62. The topological polar surface area (TPSA) is 110 Å². The number of oxime groups is 1. The van der Waals surface area contributed by atoms with Gasteiger partial charge in [-0.3, -0.25) is 0 Å². The molecule has 2 heterocycles. The largest absolute Gasteiger partial charge is 0.409 e. The molecule has 0 bridgehead atoms. The number of rotatable bonds is 5. The van der Waals surface area contributed by atoms with Crippen LogP contribution in [-0.4, -0.2) is 30.6 Å². The lowest BCUT2D eigenvalue weighted by Gasteiger charge is -2.13. The molecule has 2 aromatic heterocycles. The van der Waals surface area contributed by atoms with Gasteiger partial charge in [0.2, 0.25) is 0 Å². The molecule has 112 valence electrons. The van der Waals surface area contributed by atoms with E-state index < -0.39 is 0 Å². The number of amidine groups is 1. The smallest absolute Gasteiger partial charge is 0.176 e. The lowest BCUT2D eigenvalue weighted by Crippen LogP contribution is -2.20. The van der Waals surface area contributed by atoms with E-state index in [0.29, 0.717) is 16.4 Å². The minimum absolute atomic E-state index is 0.0418. The Morgan fingerprint density at radius 1 is 1.33 bits per heavy atom. The quantitative estimate of drug-likeness (QED) is 0.374. The highest BCUT2D eigenvalue weighted by atomic mass is 32.2.